The lowest BCUT2D eigenvalue weighted by atomic mass is 10.2. The minimum absolute atomic E-state index is 0.108. The predicted octanol–water partition coefficient (Wildman–Crippen LogP) is 3.96. The van der Waals surface area contributed by atoms with Gasteiger partial charge in [0, 0.05) is 12.1 Å². The van der Waals surface area contributed by atoms with Crippen LogP contribution < -0.4 is 15.4 Å². The third-order valence-electron chi connectivity index (χ3n) is 3.94. The number of carbonyl (C=O) groups is 2. The summed E-state index contributed by atoms with van der Waals surface area (Å²) in [6, 6.07) is 7.65. The summed E-state index contributed by atoms with van der Waals surface area (Å²) in [6.07, 6.45) is -0.191. The molecule has 0 spiro atoms. The Kier molecular flexibility index (Phi) is 5.02. The van der Waals surface area contributed by atoms with Crippen LogP contribution in [0.2, 0.25) is 0 Å². The average Bonchev–Trinajstić information content (AvgIpc) is 3.21. The quantitative estimate of drug-likeness (QED) is 0.770. The van der Waals surface area contributed by atoms with E-state index in [0.29, 0.717) is 5.75 Å². The van der Waals surface area contributed by atoms with Crippen LogP contribution in [0.1, 0.15) is 16.8 Å². The van der Waals surface area contributed by atoms with Crippen LogP contribution >= 0.6 is 0 Å². The highest BCUT2D eigenvalue weighted by atomic mass is 19.3. The SMILES string of the molecule is O=C(NC(=O)c1c(F)cccc1F)Nc1ccc(OCC2CC2(F)F)cc1. The Morgan fingerprint density at radius 1 is 1.07 bits per heavy atom. The van der Waals surface area contributed by atoms with Crippen molar-refractivity contribution in [3.05, 3.63) is 59.7 Å². The molecule has 1 saturated carbocycles. The molecule has 0 aliphatic heterocycles. The summed E-state index contributed by atoms with van der Waals surface area (Å²) in [4.78, 5) is 23.6. The van der Waals surface area contributed by atoms with Crippen molar-refractivity contribution in [2.45, 2.75) is 12.3 Å². The topological polar surface area (TPSA) is 67.4 Å². The van der Waals surface area contributed by atoms with Crippen molar-refractivity contribution in [1.82, 2.24) is 5.32 Å². The molecule has 1 fully saturated rings. The van der Waals surface area contributed by atoms with Gasteiger partial charge in [0.1, 0.15) is 22.9 Å². The second-order valence-corrected chi connectivity index (χ2v) is 6.00. The van der Waals surface area contributed by atoms with E-state index in [4.69, 9.17) is 4.74 Å². The number of hydrogen-bond donors (Lipinski definition) is 2. The molecule has 2 N–H and O–H groups in total. The number of carbonyl (C=O) groups excluding carboxylic acids is 2. The summed E-state index contributed by atoms with van der Waals surface area (Å²) in [7, 11) is 0. The fourth-order valence-electron chi connectivity index (χ4n) is 2.32. The molecular weight excluding hydrogens is 368 g/mol. The number of imide groups is 1. The zero-order chi connectivity index (χ0) is 19.6. The summed E-state index contributed by atoms with van der Waals surface area (Å²) >= 11 is 0. The number of amides is 3. The number of nitrogens with one attached hydrogen (secondary N) is 2. The normalized spacial score (nSPS) is 17.1. The van der Waals surface area contributed by atoms with Gasteiger partial charge in [0.25, 0.3) is 11.8 Å². The van der Waals surface area contributed by atoms with Crippen molar-refractivity contribution in [2.24, 2.45) is 5.92 Å². The number of benzene rings is 2. The second kappa shape index (κ2) is 7.26. The van der Waals surface area contributed by atoms with E-state index in [-0.39, 0.29) is 18.7 Å². The first-order chi connectivity index (χ1) is 12.8. The summed E-state index contributed by atoms with van der Waals surface area (Å²) in [6.45, 7) is -0.108. The highest BCUT2D eigenvalue weighted by Gasteiger charge is 2.57. The molecule has 0 radical (unpaired) electrons. The van der Waals surface area contributed by atoms with Gasteiger partial charge in [-0.3, -0.25) is 10.1 Å². The van der Waals surface area contributed by atoms with Gasteiger partial charge in [0.15, 0.2) is 0 Å². The lowest BCUT2D eigenvalue weighted by Gasteiger charge is -2.09. The van der Waals surface area contributed by atoms with E-state index in [1.165, 1.54) is 24.3 Å². The molecule has 2 aromatic carbocycles. The number of ether oxygens (including phenoxy) is 1. The molecule has 5 nitrogen and oxygen atoms in total. The number of hydrogen-bond acceptors (Lipinski definition) is 3. The van der Waals surface area contributed by atoms with Gasteiger partial charge in [-0.25, -0.2) is 22.4 Å². The third kappa shape index (κ3) is 4.55. The molecule has 9 heteroatoms. The van der Waals surface area contributed by atoms with Crippen LogP contribution in [0.4, 0.5) is 28.0 Å². The Labute approximate surface area is 151 Å². The monoisotopic (exact) mass is 382 g/mol. The Morgan fingerprint density at radius 2 is 1.67 bits per heavy atom. The van der Waals surface area contributed by atoms with Crippen LogP contribution in [-0.4, -0.2) is 24.5 Å². The third-order valence-corrected chi connectivity index (χ3v) is 3.94. The molecule has 0 heterocycles. The van der Waals surface area contributed by atoms with Gasteiger partial charge in [-0.2, -0.15) is 0 Å². The van der Waals surface area contributed by atoms with Gasteiger partial charge < -0.3 is 10.1 Å². The van der Waals surface area contributed by atoms with Crippen molar-refractivity contribution >= 4 is 17.6 Å². The van der Waals surface area contributed by atoms with Crippen molar-refractivity contribution in [2.75, 3.05) is 11.9 Å². The summed E-state index contributed by atoms with van der Waals surface area (Å²) < 4.78 is 57.8. The number of rotatable bonds is 5. The van der Waals surface area contributed by atoms with Crippen molar-refractivity contribution in [1.29, 1.82) is 0 Å². The first kappa shape index (κ1) is 18.7. The first-order valence-electron chi connectivity index (χ1n) is 7.93. The number of alkyl halides is 2. The molecule has 2 aromatic rings. The molecule has 142 valence electrons. The van der Waals surface area contributed by atoms with Crippen LogP contribution in [0.3, 0.4) is 0 Å². The van der Waals surface area contributed by atoms with E-state index in [0.717, 1.165) is 18.2 Å². The van der Waals surface area contributed by atoms with Gasteiger partial charge in [0.2, 0.25) is 0 Å². The van der Waals surface area contributed by atoms with E-state index < -0.39 is 41.0 Å². The van der Waals surface area contributed by atoms with E-state index in [1.807, 2.05) is 5.32 Å². The molecule has 3 amide bonds. The Balaban J connectivity index is 1.52. The van der Waals surface area contributed by atoms with Crippen molar-refractivity contribution in [3.8, 4) is 5.75 Å². The van der Waals surface area contributed by atoms with Gasteiger partial charge in [-0.05, 0) is 36.4 Å². The lowest BCUT2D eigenvalue weighted by Crippen LogP contribution is -2.35. The van der Waals surface area contributed by atoms with Gasteiger partial charge in [-0.15, -0.1) is 0 Å². The molecule has 1 atom stereocenters. The first-order valence-corrected chi connectivity index (χ1v) is 7.93. The van der Waals surface area contributed by atoms with Crippen molar-refractivity contribution in [3.63, 3.8) is 0 Å². The van der Waals surface area contributed by atoms with Crippen LogP contribution in [0.25, 0.3) is 0 Å². The van der Waals surface area contributed by atoms with Crippen LogP contribution in [0.5, 0.6) is 5.75 Å². The molecule has 0 aromatic heterocycles. The molecule has 0 bridgehead atoms. The maximum Gasteiger partial charge on any atom is 0.326 e. The van der Waals surface area contributed by atoms with Crippen LogP contribution in [-0.2, 0) is 0 Å². The smallest absolute Gasteiger partial charge is 0.326 e. The van der Waals surface area contributed by atoms with Gasteiger partial charge in [0.05, 0.1) is 12.5 Å². The predicted molar refractivity (Wildman–Crippen MR) is 87.8 cm³/mol. The standard InChI is InChI=1S/C18H14F4N2O3/c19-13-2-1-3-14(20)15(13)16(25)24-17(26)23-11-4-6-12(7-5-11)27-9-10-8-18(10,21)22/h1-7,10H,8-9H2,(H2,23,24,25,26). The van der Waals surface area contributed by atoms with E-state index in [9.17, 15) is 27.2 Å². The van der Waals surface area contributed by atoms with Crippen LogP contribution in [0.15, 0.2) is 42.5 Å². The number of urea groups is 1. The largest absolute Gasteiger partial charge is 0.493 e. The van der Waals surface area contributed by atoms with Crippen LogP contribution in [0, 0.1) is 17.6 Å². The Hall–Kier alpha value is -3.10. The van der Waals surface area contributed by atoms with Crippen molar-refractivity contribution < 1.29 is 31.9 Å². The minimum atomic E-state index is -2.66. The second-order valence-electron chi connectivity index (χ2n) is 6.00. The van der Waals surface area contributed by atoms with Gasteiger partial charge in [-0.1, -0.05) is 6.07 Å². The molecule has 1 unspecified atom stereocenters. The molecule has 27 heavy (non-hydrogen) atoms. The highest BCUT2D eigenvalue weighted by Crippen LogP contribution is 2.48. The lowest BCUT2D eigenvalue weighted by molar-refractivity contribution is 0.0855. The zero-order valence-electron chi connectivity index (χ0n) is 13.8. The maximum absolute atomic E-state index is 13.5. The minimum Gasteiger partial charge on any atom is -0.493 e. The summed E-state index contributed by atoms with van der Waals surface area (Å²) in [5.41, 5.74) is -0.605. The number of anilines is 1. The Morgan fingerprint density at radius 3 is 2.22 bits per heavy atom. The molecule has 1 aliphatic carbocycles. The van der Waals surface area contributed by atoms with E-state index >= 15 is 0 Å². The van der Waals surface area contributed by atoms with E-state index in [2.05, 4.69) is 5.32 Å². The summed E-state index contributed by atoms with van der Waals surface area (Å²) in [5.74, 6) is -6.53. The summed E-state index contributed by atoms with van der Waals surface area (Å²) in [5, 5.41) is 4.12. The Bertz CT molecular complexity index is 851. The molecule has 0 saturated heterocycles. The van der Waals surface area contributed by atoms with Gasteiger partial charge >= 0.3 is 6.03 Å². The molecule has 1 aliphatic rings. The fraction of sp³-hybridized carbons (Fsp3) is 0.222. The molecule has 3 rings (SSSR count). The average molecular weight is 382 g/mol. The number of halogens is 4. The van der Waals surface area contributed by atoms with E-state index in [1.54, 1.807) is 0 Å². The highest BCUT2D eigenvalue weighted by molar-refractivity contribution is 6.08. The maximum atomic E-state index is 13.5. The molecular formula is C18H14F4N2O3. The zero-order valence-corrected chi connectivity index (χ0v) is 13.8. The fourth-order valence-corrected chi connectivity index (χ4v) is 2.32.